The number of hydrogen-bond acceptors (Lipinski definition) is 3. The number of carbonyl (C=O) groups is 1. The second-order valence-electron chi connectivity index (χ2n) is 5.32. The molecule has 2 amide bonds. The van der Waals surface area contributed by atoms with Gasteiger partial charge >= 0.3 is 6.03 Å². The molecule has 2 aromatic rings. The van der Waals surface area contributed by atoms with Crippen molar-refractivity contribution in [3.05, 3.63) is 52.4 Å². The molecule has 0 saturated carbocycles. The van der Waals surface area contributed by atoms with Gasteiger partial charge in [-0.1, -0.05) is 11.6 Å². The van der Waals surface area contributed by atoms with E-state index in [0.717, 1.165) is 22.8 Å². The Morgan fingerprint density at radius 3 is 2.61 bits per heavy atom. The van der Waals surface area contributed by atoms with Crippen LogP contribution in [0.3, 0.4) is 0 Å². The highest BCUT2D eigenvalue weighted by atomic mass is 35.5. The van der Waals surface area contributed by atoms with Crippen molar-refractivity contribution in [1.29, 1.82) is 0 Å². The monoisotopic (exact) mass is 336 g/mol. The molecule has 0 aliphatic heterocycles. The Hall–Kier alpha value is -2.14. The lowest BCUT2D eigenvalue weighted by molar-refractivity contribution is 0.195. The third-order valence-electron chi connectivity index (χ3n) is 3.43. The number of amides is 2. The first-order valence-corrected chi connectivity index (χ1v) is 7.76. The molecule has 6 heteroatoms. The van der Waals surface area contributed by atoms with Gasteiger partial charge in [-0.05, 0) is 44.2 Å². The summed E-state index contributed by atoms with van der Waals surface area (Å²) < 4.78 is 11.0. The van der Waals surface area contributed by atoms with Crippen LogP contribution in [0.25, 0.3) is 0 Å². The number of rotatable bonds is 6. The minimum absolute atomic E-state index is 0.150. The Bertz CT molecular complexity index is 652. The van der Waals surface area contributed by atoms with Gasteiger partial charge in [-0.15, -0.1) is 0 Å². The van der Waals surface area contributed by atoms with Crippen LogP contribution < -0.4 is 10.1 Å². The average molecular weight is 337 g/mol. The van der Waals surface area contributed by atoms with Gasteiger partial charge in [0.1, 0.15) is 23.9 Å². The minimum atomic E-state index is -0.150. The number of halogens is 1. The van der Waals surface area contributed by atoms with E-state index in [4.69, 9.17) is 20.8 Å². The second-order valence-corrected chi connectivity index (χ2v) is 5.76. The SMILES string of the molecule is Cc1cc(CNC(=O)N(C)CCOc2ccc(Cl)cc2)c(C)o1. The Morgan fingerprint density at radius 1 is 1.30 bits per heavy atom. The Kier molecular flexibility index (Phi) is 5.93. The molecule has 1 aromatic carbocycles. The molecule has 0 saturated heterocycles. The summed E-state index contributed by atoms with van der Waals surface area (Å²) in [5, 5.41) is 3.53. The van der Waals surface area contributed by atoms with Crippen LogP contribution in [0.15, 0.2) is 34.7 Å². The molecule has 0 fully saturated rings. The third-order valence-corrected chi connectivity index (χ3v) is 3.68. The van der Waals surface area contributed by atoms with Crippen LogP contribution in [-0.2, 0) is 6.54 Å². The molecular weight excluding hydrogens is 316 g/mol. The summed E-state index contributed by atoms with van der Waals surface area (Å²) in [6.45, 7) is 5.12. The molecule has 23 heavy (non-hydrogen) atoms. The minimum Gasteiger partial charge on any atom is -0.492 e. The van der Waals surface area contributed by atoms with Crippen molar-refractivity contribution >= 4 is 17.6 Å². The molecule has 0 atom stereocenters. The number of urea groups is 1. The molecule has 0 unspecified atom stereocenters. The fraction of sp³-hybridized carbons (Fsp3) is 0.353. The highest BCUT2D eigenvalue weighted by molar-refractivity contribution is 6.30. The Labute approximate surface area is 141 Å². The lowest BCUT2D eigenvalue weighted by atomic mass is 10.2. The molecule has 5 nitrogen and oxygen atoms in total. The van der Waals surface area contributed by atoms with E-state index in [9.17, 15) is 4.79 Å². The number of furan rings is 1. The van der Waals surface area contributed by atoms with Crippen LogP contribution in [0.5, 0.6) is 5.75 Å². The lowest BCUT2D eigenvalue weighted by Crippen LogP contribution is -2.39. The predicted molar refractivity (Wildman–Crippen MR) is 90.0 cm³/mol. The lowest BCUT2D eigenvalue weighted by Gasteiger charge is -2.18. The number of likely N-dealkylation sites (N-methyl/N-ethyl adjacent to an activating group) is 1. The van der Waals surface area contributed by atoms with E-state index in [0.29, 0.717) is 24.7 Å². The van der Waals surface area contributed by atoms with Crippen LogP contribution in [-0.4, -0.2) is 31.1 Å². The first-order valence-electron chi connectivity index (χ1n) is 7.39. The fourth-order valence-electron chi connectivity index (χ4n) is 2.10. The quantitative estimate of drug-likeness (QED) is 0.873. The van der Waals surface area contributed by atoms with Gasteiger partial charge in [-0.3, -0.25) is 0 Å². The number of benzene rings is 1. The van der Waals surface area contributed by atoms with Crippen LogP contribution in [0.2, 0.25) is 5.02 Å². The van der Waals surface area contributed by atoms with Crippen molar-refractivity contribution < 1.29 is 13.9 Å². The molecule has 0 aliphatic rings. The van der Waals surface area contributed by atoms with Gasteiger partial charge < -0.3 is 19.4 Å². The van der Waals surface area contributed by atoms with E-state index in [2.05, 4.69) is 5.32 Å². The zero-order valence-corrected chi connectivity index (χ0v) is 14.3. The largest absolute Gasteiger partial charge is 0.492 e. The van der Waals surface area contributed by atoms with E-state index in [1.54, 1.807) is 36.2 Å². The smallest absolute Gasteiger partial charge is 0.317 e. The Balaban J connectivity index is 1.72. The van der Waals surface area contributed by atoms with Gasteiger partial charge in [0.25, 0.3) is 0 Å². The van der Waals surface area contributed by atoms with Crippen LogP contribution in [0.1, 0.15) is 17.1 Å². The van der Waals surface area contributed by atoms with E-state index in [1.165, 1.54) is 0 Å². The molecule has 0 aliphatic carbocycles. The summed E-state index contributed by atoms with van der Waals surface area (Å²) in [5.74, 6) is 2.40. The van der Waals surface area contributed by atoms with Crippen molar-refractivity contribution in [2.24, 2.45) is 0 Å². The molecule has 124 valence electrons. The first kappa shape index (κ1) is 17.2. The topological polar surface area (TPSA) is 54.7 Å². The summed E-state index contributed by atoms with van der Waals surface area (Å²) in [5.41, 5.74) is 0.988. The normalized spacial score (nSPS) is 10.4. The number of aryl methyl sites for hydroxylation is 2. The van der Waals surface area contributed by atoms with E-state index >= 15 is 0 Å². The van der Waals surface area contributed by atoms with Crippen LogP contribution >= 0.6 is 11.6 Å². The molecule has 1 heterocycles. The number of ether oxygens (including phenoxy) is 1. The average Bonchev–Trinajstić information content (AvgIpc) is 2.84. The summed E-state index contributed by atoms with van der Waals surface area (Å²) in [6, 6.07) is 8.91. The number of carbonyl (C=O) groups excluding carboxylic acids is 1. The number of nitrogens with zero attached hydrogens (tertiary/aromatic N) is 1. The summed E-state index contributed by atoms with van der Waals surface area (Å²) in [6.07, 6.45) is 0. The molecular formula is C17H21ClN2O3. The van der Waals surface area contributed by atoms with Crippen LogP contribution in [0.4, 0.5) is 4.79 Å². The number of nitrogens with one attached hydrogen (secondary N) is 1. The first-order chi connectivity index (χ1) is 11.0. The molecule has 1 N–H and O–H groups in total. The zero-order valence-electron chi connectivity index (χ0n) is 13.6. The molecule has 0 bridgehead atoms. The van der Waals surface area contributed by atoms with Crippen molar-refractivity contribution in [2.45, 2.75) is 20.4 Å². The highest BCUT2D eigenvalue weighted by Crippen LogP contribution is 2.15. The van der Waals surface area contributed by atoms with Gasteiger partial charge in [0.05, 0.1) is 6.54 Å². The third kappa shape index (κ3) is 5.21. The molecule has 1 aromatic heterocycles. The van der Waals surface area contributed by atoms with Gasteiger partial charge in [-0.2, -0.15) is 0 Å². The molecule has 0 radical (unpaired) electrons. The summed E-state index contributed by atoms with van der Waals surface area (Å²) in [4.78, 5) is 13.6. The van der Waals surface area contributed by atoms with Gasteiger partial charge in [-0.25, -0.2) is 4.79 Å². The van der Waals surface area contributed by atoms with Gasteiger partial charge in [0, 0.05) is 24.2 Å². The van der Waals surface area contributed by atoms with Gasteiger partial charge in [0.15, 0.2) is 0 Å². The fourth-order valence-corrected chi connectivity index (χ4v) is 2.22. The molecule has 2 rings (SSSR count). The standard InChI is InChI=1S/C17H21ClN2O3/c1-12-10-14(13(2)23-12)11-19-17(21)20(3)8-9-22-16-6-4-15(18)5-7-16/h4-7,10H,8-9,11H2,1-3H3,(H,19,21). The van der Waals surface area contributed by atoms with Crippen molar-refractivity contribution in [2.75, 3.05) is 20.2 Å². The predicted octanol–water partition coefficient (Wildman–Crippen LogP) is 3.77. The Morgan fingerprint density at radius 2 is 2.00 bits per heavy atom. The maximum atomic E-state index is 12.0. The number of hydrogen-bond donors (Lipinski definition) is 1. The maximum Gasteiger partial charge on any atom is 0.317 e. The van der Waals surface area contributed by atoms with Crippen LogP contribution in [0, 0.1) is 13.8 Å². The van der Waals surface area contributed by atoms with Gasteiger partial charge in [0.2, 0.25) is 0 Å². The van der Waals surface area contributed by atoms with E-state index in [-0.39, 0.29) is 6.03 Å². The summed E-state index contributed by atoms with van der Waals surface area (Å²) in [7, 11) is 1.73. The maximum absolute atomic E-state index is 12.0. The summed E-state index contributed by atoms with van der Waals surface area (Å²) >= 11 is 5.81. The second kappa shape index (κ2) is 7.92. The van der Waals surface area contributed by atoms with Crippen molar-refractivity contribution in [3.8, 4) is 5.75 Å². The van der Waals surface area contributed by atoms with E-state index in [1.807, 2.05) is 19.9 Å². The zero-order chi connectivity index (χ0) is 16.8. The van der Waals surface area contributed by atoms with Crippen molar-refractivity contribution in [3.63, 3.8) is 0 Å². The van der Waals surface area contributed by atoms with Crippen molar-refractivity contribution in [1.82, 2.24) is 10.2 Å². The highest BCUT2D eigenvalue weighted by Gasteiger charge is 2.10. The molecule has 0 spiro atoms. The van der Waals surface area contributed by atoms with E-state index < -0.39 is 0 Å².